The molecule has 7 nitrogen and oxygen atoms in total. The lowest BCUT2D eigenvalue weighted by Crippen LogP contribution is -2.43. The first-order valence-electron chi connectivity index (χ1n) is 10.5. The summed E-state index contributed by atoms with van der Waals surface area (Å²) in [6, 6.07) is 12.5. The minimum absolute atomic E-state index is 0.861. The minimum atomic E-state index is 0.861. The van der Waals surface area contributed by atoms with Gasteiger partial charge in [-0.2, -0.15) is 0 Å². The van der Waals surface area contributed by atoms with Crippen molar-refractivity contribution in [2.75, 3.05) is 31.1 Å². The molecular weight excluding hydrogens is 386 g/mol. The number of piperazine rings is 1. The molecule has 1 aliphatic heterocycles. The van der Waals surface area contributed by atoms with Gasteiger partial charge in [-0.3, -0.25) is 9.97 Å². The Balaban J connectivity index is 1.44. The van der Waals surface area contributed by atoms with Gasteiger partial charge in [-0.1, -0.05) is 0 Å². The van der Waals surface area contributed by atoms with Crippen LogP contribution < -0.4 is 10.2 Å². The third-order valence-electron chi connectivity index (χ3n) is 5.81. The van der Waals surface area contributed by atoms with Gasteiger partial charge in [0.05, 0.1) is 17.4 Å². The molecule has 1 saturated heterocycles. The monoisotopic (exact) mass is 407 g/mol. The number of pyridine rings is 4. The average molecular weight is 407 g/mol. The maximum atomic E-state index is 4.70. The smallest absolute Gasteiger partial charge is 0.138 e. The second kappa shape index (κ2) is 7.45. The molecule has 0 aliphatic carbocycles. The fourth-order valence-corrected chi connectivity index (χ4v) is 4.17. The number of hydrogen-bond donors (Lipinski definition) is 2. The highest BCUT2D eigenvalue weighted by atomic mass is 15.2. The van der Waals surface area contributed by atoms with E-state index in [1.807, 2.05) is 43.0 Å². The molecule has 0 radical (unpaired) electrons. The first-order chi connectivity index (χ1) is 15.3. The van der Waals surface area contributed by atoms with E-state index in [1.54, 1.807) is 6.20 Å². The highest BCUT2D eigenvalue weighted by molar-refractivity contribution is 6.07. The fourth-order valence-electron chi connectivity index (χ4n) is 4.17. The zero-order chi connectivity index (χ0) is 20.6. The van der Waals surface area contributed by atoms with Crippen LogP contribution >= 0.6 is 0 Å². The molecule has 0 spiro atoms. The van der Waals surface area contributed by atoms with Gasteiger partial charge in [0.25, 0.3) is 0 Å². The van der Waals surface area contributed by atoms with Gasteiger partial charge in [-0.15, -0.1) is 0 Å². The lowest BCUT2D eigenvalue weighted by atomic mass is 10.1. The van der Waals surface area contributed by atoms with Gasteiger partial charge >= 0.3 is 0 Å². The summed E-state index contributed by atoms with van der Waals surface area (Å²) in [6.45, 7) is 3.92. The first kappa shape index (κ1) is 18.0. The summed E-state index contributed by atoms with van der Waals surface area (Å²) >= 11 is 0. The normalized spacial score (nSPS) is 14.4. The summed E-state index contributed by atoms with van der Waals surface area (Å²) in [5, 5.41) is 5.58. The van der Waals surface area contributed by atoms with E-state index in [-0.39, 0.29) is 0 Å². The summed E-state index contributed by atoms with van der Waals surface area (Å²) < 4.78 is 0. The summed E-state index contributed by atoms with van der Waals surface area (Å²) in [4.78, 5) is 23.8. The molecule has 152 valence electrons. The molecule has 5 aromatic heterocycles. The van der Waals surface area contributed by atoms with Crippen LogP contribution in [0.3, 0.4) is 0 Å². The third kappa shape index (κ3) is 3.29. The van der Waals surface area contributed by atoms with E-state index >= 15 is 0 Å². The van der Waals surface area contributed by atoms with E-state index in [4.69, 9.17) is 4.98 Å². The molecule has 0 aromatic carbocycles. The Labute approximate surface area is 179 Å². The van der Waals surface area contributed by atoms with E-state index in [0.29, 0.717) is 0 Å². The molecule has 5 aromatic rings. The lowest BCUT2D eigenvalue weighted by molar-refractivity contribution is 0.585. The predicted octanol–water partition coefficient (Wildman–Crippen LogP) is 3.64. The van der Waals surface area contributed by atoms with Crippen LogP contribution in [0.5, 0.6) is 0 Å². The van der Waals surface area contributed by atoms with Gasteiger partial charge in [0.15, 0.2) is 0 Å². The number of aromatic nitrogens is 5. The predicted molar refractivity (Wildman–Crippen MR) is 123 cm³/mol. The molecule has 1 fully saturated rings. The average Bonchev–Trinajstić information content (AvgIpc) is 3.22. The van der Waals surface area contributed by atoms with E-state index in [1.165, 1.54) is 0 Å². The summed E-state index contributed by atoms with van der Waals surface area (Å²) in [6.07, 6.45) is 9.28. The van der Waals surface area contributed by atoms with Crippen molar-refractivity contribution in [1.29, 1.82) is 0 Å². The van der Waals surface area contributed by atoms with Crippen LogP contribution in [0.25, 0.3) is 44.3 Å². The molecule has 6 heterocycles. The number of anilines is 1. The molecule has 6 rings (SSSR count). The molecule has 1 aliphatic rings. The van der Waals surface area contributed by atoms with Crippen molar-refractivity contribution in [3.05, 3.63) is 67.4 Å². The Morgan fingerprint density at radius 3 is 2.58 bits per heavy atom. The Morgan fingerprint density at radius 1 is 0.774 bits per heavy atom. The summed E-state index contributed by atoms with van der Waals surface area (Å²) in [5.74, 6) is 1.01. The van der Waals surface area contributed by atoms with Gasteiger partial charge in [0, 0.05) is 72.9 Å². The van der Waals surface area contributed by atoms with E-state index < -0.39 is 0 Å². The minimum Gasteiger partial charge on any atom is -0.354 e. The number of hydrogen-bond acceptors (Lipinski definition) is 6. The second-order valence-corrected chi connectivity index (χ2v) is 7.74. The molecule has 0 atom stereocenters. The topological polar surface area (TPSA) is 82.6 Å². The maximum absolute atomic E-state index is 4.70. The molecule has 0 amide bonds. The van der Waals surface area contributed by atoms with Gasteiger partial charge in [-0.25, -0.2) is 9.97 Å². The number of H-pyrrole nitrogens is 1. The fraction of sp³-hybridized carbons (Fsp3) is 0.167. The van der Waals surface area contributed by atoms with Crippen molar-refractivity contribution >= 4 is 27.8 Å². The van der Waals surface area contributed by atoms with Crippen LogP contribution in [0, 0.1) is 0 Å². The van der Waals surface area contributed by atoms with Crippen molar-refractivity contribution in [2.45, 2.75) is 0 Å². The Morgan fingerprint density at radius 2 is 1.71 bits per heavy atom. The van der Waals surface area contributed by atoms with Crippen LogP contribution in [0.2, 0.25) is 0 Å². The van der Waals surface area contributed by atoms with Crippen LogP contribution in [0.4, 0.5) is 5.82 Å². The van der Waals surface area contributed by atoms with Crippen LogP contribution in [-0.2, 0) is 0 Å². The van der Waals surface area contributed by atoms with E-state index in [0.717, 1.165) is 76.3 Å². The first-order valence-corrected chi connectivity index (χ1v) is 10.5. The molecule has 0 saturated carbocycles. The highest BCUT2D eigenvalue weighted by Gasteiger charge is 2.14. The van der Waals surface area contributed by atoms with Crippen molar-refractivity contribution in [1.82, 2.24) is 30.2 Å². The highest BCUT2D eigenvalue weighted by Crippen LogP contribution is 2.31. The molecule has 7 heteroatoms. The van der Waals surface area contributed by atoms with Gasteiger partial charge < -0.3 is 15.2 Å². The zero-order valence-electron chi connectivity index (χ0n) is 16.9. The van der Waals surface area contributed by atoms with Crippen LogP contribution in [0.15, 0.2) is 67.4 Å². The standard InChI is InChI=1S/C24H21N7/c1-2-17(13-26-4-1)21-12-19-20-10-18(14-29-24(20)30-22(19)15-28-21)16-3-5-27-23(11-16)31-8-6-25-7-9-31/h1-5,10-15,25H,6-9H2,(H,29,30). The van der Waals surface area contributed by atoms with Crippen molar-refractivity contribution in [3.8, 4) is 22.4 Å². The van der Waals surface area contributed by atoms with Gasteiger partial charge in [-0.05, 0) is 42.0 Å². The number of nitrogens with one attached hydrogen (secondary N) is 2. The SMILES string of the molecule is c1cncc(-c2cc3c(cn2)[nH]c2ncc(-c4ccnc(N5CCNCC5)c4)cc23)c1. The number of aromatic amines is 1. The van der Waals surface area contributed by atoms with E-state index in [9.17, 15) is 0 Å². The zero-order valence-corrected chi connectivity index (χ0v) is 16.9. The number of rotatable bonds is 3. The Hall–Kier alpha value is -3.84. The van der Waals surface area contributed by atoms with Gasteiger partial charge in [0.2, 0.25) is 0 Å². The van der Waals surface area contributed by atoms with E-state index in [2.05, 4.69) is 48.4 Å². The summed E-state index contributed by atoms with van der Waals surface area (Å²) in [5.41, 5.74) is 5.93. The molecular formula is C24H21N7. The quantitative estimate of drug-likeness (QED) is 0.475. The Bertz CT molecular complexity index is 1370. The van der Waals surface area contributed by atoms with Crippen molar-refractivity contribution < 1.29 is 0 Å². The van der Waals surface area contributed by atoms with Crippen LogP contribution in [-0.4, -0.2) is 51.1 Å². The molecule has 0 bridgehead atoms. The summed E-state index contributed by atoms with van der Waals surface area (Å²) in [7, 11) is 0. The Kier molecular flexibility index (Phi) is 4.32. The van der Waals surface area contributed by atoms with Gasteiger partial charge in [0.1, 0.15) is 11.5 Å². The lowest BCUT2D eigenvalue weighted by Gasteiger charge is -2.28. The second-order valence-electron chi connectivity index (χ2n) is 7.74. The third-order valence-corrected chi connectivity index (χ3v) is 5.81. The number of nitrogens with zero attached hydrogens (tertiary/aromatic N) is 5. The molecule has 0 unspecified atom stereocenters. The van der Waals surface area contributed by atoms with Crippen LogP contribution in [0.1, 0.15) is 0 Å². The van der Waals surface area contributed by atoms with Crippen molar-refractivity contribution in [3.63, 3.8) is 0 Å². The largest absolute Gasteiger partial charge is 0.354 e. The molecule has 2 N–H and O–H groups in total. The van der Waals surface area contributed by atoms with Crippen molar-refractivity contribution in [2.24, 2.45) is 0 Å². The molecule has 31 heavy (non-hydrogen) atoms. The maximum Gasteiger partial charge on any atom is 0.138 e. The number of fused-ring (bicyclic) bond motifs is 3.